The van der Waals surface area contributed by atoms with Crippen molar-refractivity contribution in [3.63, 3.8) is 0 Å². The van der Waals surface area contributed by atoms with E-state index in [0.717, 1.165) is 51.5 Å². The lowest BCUT2D eigenvalue weighted by atomic mass is 10.0. The zero-order valence-electron chi connectivity index (χ0n) is 51.2. The highest BCUT2D eigenvalue weighted by atomic mass is 19.1. The van der Waals surface area contributed by atoms with E-state index in [1.54, 1.807) is 60.9 Å². The Kier molecular flexibility index (Phi) is 19.7. The van der Waals surface area contributed by atoms with Crippen molar-refractivity contribution in [3.05, 3.63) is 247 Å². The number of imidazole rings is 2. The zero-order chi connectivity index (χ0) is 66.2. The summed E-state index contributed by atoms with van der Waals surface area (Å²) in [6.07, 6.45) is 14.1. The number of halogens is 6. The Morgan fingerprint density at radius 1 is 0.548 bits per heavy atom. The summed E-state index contributed by atoms with van der Waals surface area (Å²) in [7, 11) is 1.50. The number of aromatic amines is 1. The van der Waals surface area contributed by atoms with Crippen LogP contribution >= 0.6 is 0 Å². The van der Waals surface area contributed by atoms with Gasteiger partial charge in [0.15, 0.2) is 34.7 Å². The number of hydroxylamine groups is 1. The smallest absolute Gasteiger partial charge is 0.308 e. The average molecular weight is 1270 g/mol. The highest BCUT2D eigenvalue weighted by Gasteiger charge is 2.28. The van der Waals surface area contributed by atoms with E-state index in [1.807, 2.05) is 67.4 Å². The van der Waals surface area contributed by atoms with E-state index >= 15 is 0 Å². The predicted octanol–water partition coefficient (Wildman–Crippen LogP) is 16.0. The van der Waals surface area contributed by atoms with Gasteiger partial charge in [0, 0.05) is 79.3 Å². The molecule has 18 nitrogen and oxygen atoms in total. The van der Waals surface area contributed by atoms with E-state index in [0.29, 0.717) is 51.3 Å². The van der Waals surface area contributed by atoms with Crippen molar-refractivity contribution >= 4 is 28.9 Å². The monoisotopic (exact) mass is 1270 g/mol. The fraction of sp³-hybridized carbons (Fsp3) is 0.159. The van der Waals surface area contributed by atoms with Gasteiger partial charge >= 0.3 is 5.91 Å². The number of aromatic nitrogens is 9. The Bertz CT molecular complexity index is 4590. The minimum atomic E-state index is -0.880. The third-order valence-electron chi connectivity index (χ3n) is 14.8. The van der Waals surface area contributed by atoms with E-state index in [9.17, 15) is 41.1 Å². The number of anilines is 2. The van der Waals surface area contributed by atoms with Crippen molar-refractivity contribution in [1.29, 1.82) is 5.41 Å². The van der Waals surface area contributed by atoms with Crippen LogP contribution in [0, 0.1) is 40.3 Å². The van der Waals surface area contributed by atoms with Gasteiger partial charge in [0.1, 0.15) is 51.8 Å². The number of carbonyl (C=O) groups is 2. The number of hydrogen-bond donors (Lipinski definition) is 4. The van der Waals surface area contributed by atoms with Crippen LogP contribution in [0.25, 0.3) is 67.9 Å². The van der Waals surface area contributed by atoms with Crippen LogP contribution < -0.4 is 15.5 Å². The van der Waals surface area contributed by atoms with Gasteiger partial charge < -0.3 is 32.9 Å². The Hall–Kier alpha value is -11.2. The molecule has 2 amide bonds. The van der Waals surface area contributed by atoms with Crippen LogP contribution in [0.15, 0.2) is 198 Å². The second kappa shape index (κ2) is 28.3. The summed E-state index contributed by atoms with van der Waals surface area (Å²) in [6, 6.07) is 33.4. The van der Waals surface area contributed by atoms with E-state index < -0.39 is 29.3 Å². The quantitative estimate of drug-likeness (QED) is 0.0291. The van der Waals surface area contributed by atoms with Crippen molar-refractivity contribution in [2.75, 3.05) is 17.1 Å². The molecule has 9 heterocycles. The number of nitrogens with one attached hydrogen (secondary N) is 3. The second-order valence-electron chi connectivity index (χ2n) is 21.9. The van der Waals surface area contributed by atoms with Crippen molar-refractivity contribution in [2.24, 2.45) is 0 Å². The topological polar surface area (TPSA) is 218 Å². The van der Waals surface area contributed by atoms with Crippen LogP contribution in [0.5, 0.6) is 0 Å². The normalized spacial score (nSPS) is 11.2. The number of rotatable bonds is 17. The van der Waals surface area contributed by atoms with Gasteiger partial charge in [-0.2, -0.15) is 5.06 Å². The number of hydrazine groups is 1. The SMILES string of the molecule is CC(C)n1ccc(-c2ccc(F)cc2)c1-c1ccc(C(=N)Cc2ccncc2F)o1.CC(C)n1ccc(-c2ccc(F)cc2)c1-c1ncc(C(=O)N(O)c2ccncc2F)[nH]1.CNN(C(=O)c1ccc(-c2c(-c3ccc(F)cc3)ncn2C(C)C)o1)c1ccncc1F. The Morgan fingerprint density at radius 2 is 1.03 bits per heavy atom. The highest BCUT2D eigenvalue weighted by Crippen LogP contribution is 2.39. The van der Waals surface area contributed by atoms with Crippen LogP contribution in [0.1, 0.15) is 92.0 Å². The molecule has 0 spiro atoms. The first kappa shape index (κ1) is 64.7. The molecule has 9 aromatic heterocycles. The number of benzene rings is 3. The molecule has 0 aliphatic carbocycles. The number of nitrogens with zero attached hydrogens (tertiary/aromatic N) is 10. The molecular formula is C69H61F6N13O5. The first-order valence-corrected chi connectivity index (χ1v) is 29.1. The molecule has 0 aliphatic heterocycles. The minimum absolute atomic E-state index is 0.00660. The Labute approximate surface area is 529 Å². The maximum Gasteiger partial charge on any atom is 0.308 e. The molecule has 0 radical (unpaired) electrons. The number of H-pyrrole nitrogens is 1. The van der Waals surface area contributed by atoms with Gasteiger partial charge in [-0.1, -0.05) is 24.3 Å². The third kappa shape index (κ3) is 14.2. The number of furan rings is 2. The predicted molar refractivity (Wildman–Crippen MR) is 339 cm³/mol. The molecule has 12 rings (SSSR count). The highest BCUT2D eigenvalue weighted by molar-refractivity contribution is 6.04. The van der Waals surface area contributed by atoms with Crippen molar-refractivity contribution in [1.82, 2.24) is 49.0 Å². The molecule has 4 N–H and O–H groups in total. The lowest BCUT2D eigenvalue weighted by Crippen LogP contribution is -2.41. The fourth-order valence-electron chi connectivity index (χ4n) is 10.1. The Balaban J connectivity index is 0.000000153. The van der Waals surface area contributed by atoms with Gasteiger partial charge in [-0.15, -0.1) is 0 Å². The maximum absolute atomic E-state index is 14.2. The van der Waals surface area contributed by atoms with Crippen molar-refractivity contribution in [2.45, 2.75) is 66.1 Å². The van der Waals surface area contributed by atoms with Gasteiger partial charge in [0.25, 0.3) is 5.91 Å². The van der Waals surface area contributed by atoms with E-state index in [4.69, 9.17) is 14.2 Å². The van der Waals surface area contributed by atoms with Gasteiger partial charge in [0.05, 0.1) is 53.9 Å². The molecule has 0 aliphatic rings. The molecular weight excluding hydrogens is 1200 g/mol. The number of hydrogen-bond acceptors (Lipinski definition) is 12. The number of amides is 2. The van der Waals surface area contributed by atoms with E-state index in [-0.39, 0.29) is 75.6 Å². The standard InChI is InChI=1S/C24H21F2N3O.C23H21F2N5O2.C22H19F2N5O2/c1-15(2)29-12-10-19(16-3-5-18(25)6-4-16)24(29)23-8-7-22(30-23)21(27)13-17-9-11-28-14-20(17)26;1-14(2)29-13-28-21(15-4-6-16(24)7-5-15)22(29)19-8-9-20(32-19)23(31)30(26-3)18-10-11-27-12-17(18)25;1-13(2)28-10-8-16(14-3-5-15(23)6-4-14)20(28)21-26-12-18(27-21)22(30)29(31)19-7-9-25-11-17(19)24/h3-12,14-15,27H,13H2,1-2H3;4-14,26H,1-3H3;3-13,31H,1-2H3,(H,26,27). The molecule has 0 atom stereocenters. The average Bonchev–Trinajstić information content (AvgIpc) is 1.67. The first-order valence-electron chi connectivity index (χ1n) is 29.1. The third-order valence-corrected chi connectivity index (χ3v) is 14.8. The molecule has 0 fully saturated rings. The molecule has 0 saturated heterocycles. The summed E-state index contributed by atoms with van der Waals surface area (Å²) in [4.78, 5) is 48.5. The van der Waals surface area contributed by atoms with Gasteiger partial charge in [0.2, 0.25) is 0 Å². The van der Waals surface area contributed by atoms with Crippen molar-refractivity contribution < 1.29 is 50.0 Å². The second-order valence-corrected chi connectivity index (χ2v) is 21.9. The number of pyridine rings is 3. The van der Waals surface area contributed by atoms with Crippen LogP contribution in [-0.2, 0) is 6.42 Å². The lowest BCUT2D eigenvalue weighted by Gasteiger charge is -2.20. The summed E-state index contributed by atoms with van der Waals surface area (Å²) >= 11 is 0. The summed E-state index contributed by atoms with van der Waals surface area (Å²) in [6.45, 7) is 12.1. The van der Waals surface area contributed by atoms with Crippen LogP contribution in [0.3, 0.4) is 0 Å². The summed E-state index contributed by atoms with van der Waals surface area (Å²) < 4.78 is 100.0. The molecule has 0 bridgehead atoms. The minimum Gasteiger partial charge on any atom is -0.453 e. The van der Waals surface area contributed by atoms with Crippen LogP contribution in [-0.4, -0.2) is 73.4 Å². The molecule has 93 heavy (non-hydrogen) atoms. The molecule has 24 heteroatoms. The fourth-order valence-corrected chi connectivity index (χ4v) is 10.1. The van der Waals surface area contributed by atoms with E-state index in [2.05, 4.69) is 53.7 Å². The van der Waals surface area contributed by atoms with Gasteiger partial charge in [-0.05, 0) is 161 Å². The molecule has 0 saturated carbocycles. The lowest BCUT2D eigenvalue weighted by molar-refractivity contribution is 0.0846. The summed E-state index contributed by atoms with van der Waals surface area (Å²) in [5.74, 6) is -2.61. The maximum atomic E-state index is 14.2. The number of carbonyl (C=O) groups excluding carboxylic acids is 2. The first-order chi connectivity index (χ1) is 44.7. The van der Waals surface area contributed by atoms with Gasteiger partial charge in [-0.25, -0.2) is 46.7 Å². The zero-order valence-corrected chi connectivity index (χ0v) is 51.2. The van der Waals surface area contributed by atoms with Crippen LogP contribution in [0.2, 0.25) is 0 Å². The van der Waals surface area contributed by atoms with Gasteiger partial charge in [-0.3, -0.25) is 29.7 Å². The molecule has 0 unspecified atom stereocenters. The summed E-state index contributed by atoms with van der Waals surface area (Å²) in [5, 5.41) is 19.8. The van der Waals surface area contributed by atoms with Crippen LogP contribution in [0.4, 0.5) is 37.7 Å². The summed E-state index contributed by atoms with van der Waals surface area (Å²) in [5.41, 5.74) is 9.77. The molecule has 474 valence electrons. The largest absolute Gasteiger partial charge is 0.453 e. The molecule has 3 aromatic carbocycles. The van der Waals surface area contributed by atoms with Crippen molar-refractivity contribution in [3.8, 4) is 67.9 Å². The molecule has 12 aromatic rings. The van der Waals surface area contributed by atoms with E-state index in [1.165, 1.54) is 86.4 Å². The Morgan fingerprint density at radius 3 is 1.57 bits per heavy atom.